The Hall–Kier alpha value is -3.40. The van der Waals surface area contributed by atoms with Crippen molar-refractivity contribution in [1.29, 1.82) is 0 Å². The van der Waals surface area contributed by atoms with Crippen molar-refractivity contribution in [3.8, 4) is 5.75 Å². The Morgan fingerprint density at radius 2 is 1.62 bits per heavy atom. The number of aryl methyl sites for hydroxylation is 1. The SMILES string of the molecule is Cc1ccc(C(=O)O/N=C/c2ccc(OCc3ccccc3)cc2)cc1. The van der Waals surface area contributed by atoms with Crippen LogP contribution in [0.2, 0.25) is 0 Å². The van der Waals surface area contributed by atoms with Gasteiger partial charge >= 0.3 is 5.97 Å². The fourth-order valence-corrected chi connectivity index (χ4v) is 2.27. The van der Waals surface area contributed by atoms with Gasteiger partial charge in [-0.25, -0.2) is 4.79 Å². The summed E-state index contributed by atoms with van der Waals surface area (Å²) in [6.45, 7) is 2.48. The van der Waals surface area contributed by atoms with Gasteiger partial charge in [-0.3, -0.25) is 0 Å². The average Bonchev–Trinajstić information content (AvgIpc) is 2.68. The molecule has 3 aromatic rings. The van der Waals surface area contributed by atoms with E-state index in [4.69, 9.17) is 9.57 Å². The lowest BCUT2D eigenvalue weighted by Gasteiger charge is -2.06. The van der Waals surface area contributed by atoms with Gasteiger partial charge in [-0.2, -0.15) is 0 Å². The standard InChI is InChI=1S/C22H19NO3/c1-17-7-11-20(12-8-17)22(24)26-23-15-18-9-13-21(14-10-18)25-16-19-5-3-2-4-6-19/h2-15H,16H2,1H3/b23-15+. The van der Waals surface area contributed by atoms with Gasteiger partial charge in [-0.05, 0) is 54.4 Å². The van der Waals surface area contributed by atoms with Crippen molar-refractivity contribution in [3.05, 3.63) is 101 Å². The lowest BCUT2D eigenvalue weighted by molar-refractivity contribution is 0.0519. The average molecular weight is 345 g/mol. The van der Waals surface area contributed by atoms with Crippen molar-refractivity contribution in [2.75, 3.05) is 0 Å². The van der Waals surface area contributed by atoms with E-state index in [2.05, 4.69) is 5.16 Å². The molecule has 0 aliphatic carbocycles. The van der Waals surface area contributed by atoms with Crippen molar-refractivity contribution in [1.82, 2.24) is 0 Å². The van der Waals surface area contributed by atoms with Gasteiger partial charge in [0.2, 0.25) is 0 Å². The van der Waals surface area contributed by atoms with E-state index in [0.717, 1.165) is 22.4 Å². The number of hydrogen-bond acceptors (Lipinski definition) is 4. The van der Waals surface area contributed by atoms with E-state index in [-0.39, 0.29) is 0 Å². The summed E-state index contributed by atoms with van der Waals surface area (Å²) in [4.78, 5) is 16.8. The first-order valence-corrected chi connectivity index (χ1v) is 8.29. The number of nitrogens with zero attached hydrogens (tertiary/aromatic N) is 1. The number of oxime groups is 1. The molecule has 0 fully saturated rings. The fourth-order valence-electron chi connectivity index (χ4n) is 2.27. The summed E-state index contributed by atoms with van der Waals surface area (Å²) in [5, 5.41) is 3.75. The summed E-state index contributed by atoms with van der Waals surface area (Å²) in [5.74, 6) is 0.284. The van der Waals surface area contributed by atoms with Gasteiger partial charge in [0.15, 0.2) is 0 Å². The molecule has 0 radical (unpaired) electrons. The van der Waals surface area contributed by atoms with E-state index in [1.807, 2.05) is 73.7 Å². The molecule has 0 aromatic heterocycles. The fraction of sp³-hybridized carbons (Fsp3) is 0.0909. The highest BCUT2D eigenvalue weighted by Crippen LogP contribution is 2.13. The van der Waals surface area contributed by atoms with Gasteiger partial charge in [0.25, 0.3) is 0 Å². The van der Waals surface area contributed by atoms with Crippen molar-refractivity contribution in [2.24, 2.45) is 5.16 Å². The second-order valence-electron chi connectivity index (χ2n) is 5.82. The lowest BCUT2D eigenvalue weighted by Crippen LogP contribution is -2.00. The predicted molar refractivity (Wildman–Crippen MR) is 101 cm³/mol. The monoisotopic (exact) mass is 345 g/mol. The summed E-state index contributed by atoms with van der Waals surface area (Å²) in [5.41, 5.74) is 3.48. The molecule has 0 spiro atoms. The van der Waals surface area contributed by atoms with E-state index in [1.165, 1.54) is 6.21 Å². The molecule has 4 heteroatoms. The van der Waals surface area contributed by atoms with Gasteiger partial charge in [0.05, 0.1) is 11.8 Å². The Morgan fingerprint density at radius 1 is 0.923 bits per heavy atom. The van der Waals surface area contributed by atoms with Crippen molar-refractivity contribution in [3.63, 3.8) is 0 Å². The van der Waals surface area contributed by atoms with Crippen LogP contribution in [0.1, 0.15) is 27.0 Å². The minimum absolute atomic E-state index is 0.470. The summed E-state index contributed by atoms with van der Waals surface area (Å²) in [7, 11) is 0. The summed E-state index contributed by atoms with van der Waals surface area (Å²) < 4.78 is 5.73. The molecule has 0 aliphatic heterocycles. The van der Waals surface area contributed by atoms with Crippen LogP contribution in [0.5, 0.6) is 5.75 Å². The van der Waals surface area contributed by atoms with E-state index in [1.54, 1.807) is 12.1 Å². The van der Waals surface area contributed by atoms with Gasteiger partial charge < -0.3 is 9.57 Å². The van der Waals surface area contributed by atoms with Crippen molar-refractivity contribution in [2.45, 2.75) is 13.5 Å². The number of hydrogen-bond donors (Lipinski definition) is 0. The van der Waals surface area contributed by atoms with Gasteiger partial charge in [-0.15, -0.1) is 0 Å². The zero-order valence-electron chi connectivity index (χ0n) is 14.5. The third-order valence-corrected chi connectivity index (χ3v) is 3.75. The molecular formula is C22H19NO3. The molecule has 4 nitrogen and oxygen atoms in total. The largest absolute Gasteiger partial charge is 0.489 e. The lowest BCUT2D eigenvalue weighted by atomic mass is 10.2. The quantitative estimate of drug-likeness (QED) is 0.367. The van der Waals surface area contributed by atoms with Crippen LogP contribution < -0.4 is 4.74 Å². The van der Waals surface area contributed by atoms with Crippen LogP contribution in [0.4, 0.5) is 0 Å². The van der Waals surface area contributed by atoms with Crippen LogP contribution in [0.15, 0.2) is 84.0 Å². The van der Waals surface area contributed by atoms with Crippen LogP contribution >= 0.6 is 0 Å². The van der Waals surface area contributed by atoms with Crippen LogP contribution in [0, 0.1) is 6.92 Å². The molecule has 3 aromatic carbocycles. The molecular weight excluding hydrogens is 326 g/mol. The van der Waals surface area contributed by atoms with E-state index in [0.29, 0.717) is 12.2 Å². The summed E-state index contributed by atoms with van der Waals surface area (Å²) in [6, 6.07) is 24.5. The van der Waals surface area contributed by atoms with Gasteiger partial charge in [-0.1, -0.05) is 53.2 Å². The summed E-state index contributed by atoms with van der Waals surface area (Å²) in [6.07, 6.45) is 1.49. The molecule has 0 N–H and O–H groups in total. The summed E-state index contributed by atoms with van der Waals surface area (Å²) >= 11 is 0. The highest BCUT2D eigenvalue weighted by atomic mass is 16.7. The first-order chi connectivity index (χ1) is 12.7. The van der Waals surface area contributed by atoms with Crippen LogP contribution in [-0.4, -0.2) is 12.2 Å². The molecule has 0 heterocycles. The second-order valence-corrected chi connectivity index (χ2v) is 5.82. The minimum atomic E-state index is -0.482. The number of carbonyl (C=O) groups excluding carboxylic acids is 1. The third-order valence-electron chi connectivity index (χ3n) is 3.75. The van der Waals surface area contributed by atoms with Crippen LogP contribution in [-0.2, 0) is 11.4 Å². The van der Waals surface area contributed by atoms with Crippen molar-refractivity contribution >= 4 is 12.2 Å². The predicted octanol–water partition coefficient (Wildman–Crippen LogP) is 4.76. The van der Waals surface area contributed by atoms with Crippen LogP contribution in [0.25, 0.3) is 0 Å². The number of carbonyl (C=O) groups is 1. The molecule has 0 atom stereocenters. The Labute approximate surface area is 152 Å². The third kappa shape index (κ3) is 5.05. The molecule has 0 amide bonds. The van der Waals surface area contributed by atoms with Crippen molar-refractivity contribution < 1.29 is 14.4 Å². The van der Waals surface area contributed by atoms with Gasteiger partial charge in [0, 0.05) is 0 Å². The number of ether oxygens (including phenoxy) is 1. The maximum Gasteiger partial charge on any atom is 0.365 e. The molecule has 0 unspecified atom stereocenters. The molecule has 0 bridgehead atoms. The minimum Gasteiger partial charge on any atom is -0.489 e. The topological polar surface area (TPSA) is 47.9 Å². The zero-order chi connectivity index (χ0) is 18.2. The van der Waals surface area contributed by atoms with E-state index >= 15 is 0 Å². The normalized spacial score (nSPS) is 10.7. The van der Waals surface area contributed by atoms with Crippen LogP contribution in [0.3, 0.4) is 0 Å². The molecule has 0 saturated heterocycles. The van der Waals surface area contributed by atoms with E-state index < -0.39 is 5.97 Å². The van der Waals surface area contributed by atoms with Gasteiger partial charge in [0.1, 0.15) is 12.4 Å². The smallest absolute Gasteiger partial charge is 0.365 e. The maximum atomic E-state index is 11.9. The Bertz CT molecular complexity index is 870. The number of benzene rings is 3. The first-order valence-electron chi connectivity index (χ1n) is 8.29. The van der Waals surface area contributed by atoms with E-state index in [9.17, 15) is 4.79 Å². The second kappa shape index (κ2) is 8.62. The Kier molecular flexibility index (Phi) is 5.78. The highest BCUT2D eigenvalue weighted by molar-refractivity contribution is 5.90. The molecule has 26 heavy (non-hydrogen) atoms. The zero-order valence-corrected chi connectivity index (χ0v) is 14.5. The number of rotatable bonds is 6. The Balaban J connectivity index is 1.51. The molecule has 0 aliphatic rings. The Morgan fingerprint density at radius 3 is 2.31 bits per heavy atom. The molecule has 130 valence electrons. The first kappa shape index (κ1) is 17.4. The maximum absolute atomic E-state index is 11.9. The molecule has 3 rings (SSSR count). The molecule has 0 saturated carbocycles. The highest BCUT2D eigenvalue weighted by Gasteiger charge is 2.05.